The van der Waals surface area contributed by atoms with Crippen molar-refractivity contribution < 1.29 is 4.79 Å². The summed E-state index contributed by atoms with van der Waals surface area (Å²) in [4.78, 5) is 12.6. The number of aromatic nitrogens is 3. The number of aryl methyl sites for hydroxylation is 2. The molecule has 4 aromatic rings. The first-order chi connectivity index (χ1) is 15.0. The predicted molar refractivity (Wildman–Crippen MR) is 130 cm³/mol. The zero-order valence-electron chi connectivity index (χ0n) is 17.2. The summed E-state index contributed by atoms with van der Waals surface area (Å²) in [5.74, 6) is 0.869. The SMILES string of the molecule is Cc1ccc(C)c(NC(=O)CSc2nnc(-c3ccccc3Br)n2-c2ccccc2)c1. The van der Waals surface area contributed by atoms with Gasteiger partial charge >= 0.3 is 0 Å². The third-order valence-electron chi connectivity index (χ3n) is 4.76. The van der Waals surface area contributed by atoms with E-state index < -0.39 is 0 Å². The lowest BCUT2D eigenvalue weighted by Gasteiger charge is -2.12. The van der Waals surface area contributed by atoms with Crippen molar-refractivity contribution in [3.05, 3.63) is 88.4 Å². The van der Waals surface area contributed by atoms with Gasteiger partial charge in [-0.15, -0.1) is 10.2 Å². The minimum Gasteiger partial charge on any atom is -0.325 e. The lowest BCUT2D eigenvalue weighted by molar-refractivity contribution is -0.113. The Morgan fingerprint density at radius 2 is 1.74 bits per heavy atom. The molecule has 4 rings (SSSR count). The fraction of sp³-hybridized carbons (Fsp3) is 0.125. The fourth-order valence-electron chi connectivity index (χ4n) is 3.18. The Morgan fingerprint density at radius 3 is 2.52 bits per heavy atom. The predicted octanol–water partition coefficient (Wildman–Crippen LogP) is 6.04. The Hall–Kier alpha value is -2.90. The lowest BCUT2D eigenvalue weighted by Crippen LogP contribution is -2.15. The van der Waals surface area contributed by atoms with E-state index in [0.717, 1.165) is 38.4 Å². The second-order valence-electron chi connectivity index (χ2n) is 7.11. The molecule has 1 aromatic heterocycles. The highest BCUT2D eigenvalue weighted by Gasteiger charge is 2.18. The van der Waals surface area contributed by atoms with E-state index in [2.05, 4.69) is 31.4 Å². The quantitative estimate of drug-likeness (QED) is 0.333. The average molecular weight is 493 g/mol. The standard InChI is InChI=1S/C24H21BrN4OS/c1-16-12-13-17(2)21(14-16)26-22(30)15-31-24-28-27-23(19-10-6-7-11-20(19)25)29(24)18-8-4-3-5-9-18/h3-14H,15H2,1-2H3,(H,26,30). The molecule has 3 aromatic carbocycles. The van der Waals surface area contributed by atoms with Gasteiger partial charge in [0, 0.05) is 21.4 Å². The number of carbonyl (C=O) groups excluding carboxylic acids is 1. The number of anilines is 1. The van der Waals surface area contributed by atoms with E-state index in [0.29, 0.717) is 5.16 Å². The van der Waals surface area contributed by atoms with Gasteiger partial charge in [-0.3, -0.25) is 9.36 Å². The van der Waals surface area contributed by atoms with E-state index in [9.17, 15) is 4.79 Å². The summed E-state index contributed by atoms with van der Waals surface area (Å²) < 4.78 is 2.92. The Bertz CT molecular complexity index is 1220. The van der Waals surface area contributed by atoms with Gasteiger partial charge in [-0.1, -0.05) is 76.2 Å². The second kappa shape index (κ2) is 9.49. The number of nitrogens with one attached hydrogen (secondary N) is 1. The van der Waals surface area contributed by atoms with Crippen LogP contribution in [-0.4, -0.2) is 26.4 Å². The molecule has 1 amide bonds. The van der Waals surface area contributed by atoms with Gasteiger partial charge in [-0.2, -0.15) is 0 Å². The summed E-state index contributed by atoms with van der Waals surface area (Å²) in [5, 5.41) is 12.5. The summed E-state index contributed by atoms with van der Waals surface area (Å²) in [6.45, 7) is 3.99. The second-order valence-corrected chi connectivity index (χ2v) is 8.91. The monoisotopic (exact) mass is 492 g/mol. The molecule has 1 heterocycles. The maximum absolute atomic E-state index is 12.6. The fourth-order valence-corrected chi connectivity index (χ4v) is 4.39. The largest absolute Gasteiger partial charge is 0.325 e. The summed E-state index contributed by atoms with van der Waals surface area (Å²) in [7, 11) is 0. The maximum Gasteiger partial charge on any atom is 0.234 e. The Labute approximate surface area is 194 Å². The molecule has 0 aliphatic rings. The first kappa shape index (κ1) is 21.3. The van der Waals surface area contributed by atoms with E-state index in [4.69, 9.17) is 0 Å². The molecule has 0 saturated heterocycles. The smallest absolute Gasteiger partial charge is 0.234 e. The summed E-state index contributed by atoms with van der Waals surface area (Å²) in [6, 6.07) is 23.8. The highest BCUT2D eigenvalue weighted by molar-refractivity contribution is 9.10. The van der Waals surface area contributed by atoms with Crippen molar-refractivity contribution in [3.8, 4) is 17.1 Å². The van der Waals surface area contributed by atoms with Crippen molar-refractivity contribution in [3.63, 3.8) is 0 Å². The van der Waals surface area contributed by atoms with Gasteiger partial charge in [0.05, 0.1) is 5.75 Å². The topological polar surface area (TPSA) is 59.8 Å². The van der Waals surface area contributed by atoms with Crippen LogP contribution < -0.4 is 5.32 Å². The molecular formula is C24H21BrN4OS. The van der Waals surface area contributed by atoms with Crippen LogP contribution in [0.3, 0.4) is 0 Å². The number of benzene rings is 3. The van der Waals surface area contributed by atoms with Crippen LogP contribution in [0.2, 0.25) is 0 Å². The van der Waals surface area contributed by atoms with Crippen molar-refractivity contribution in [2.24, 2.45) is 0 Å². The molecule has 0 aliphatic heterocycles. The number of hydrogen-bond donors (Lipinski definition) is 1. The molecule has 7 heteroatoms. The van der Waals surface area contributed by atoms with Gasteiger partial charge in [0.25, 0.3) is 0 Å². The molecule has 0 aliphatic carbocycles. The van der Waals surface area contributed by atoms with Crippen LogP contribution in [0.4, 0.5) is 5.69 Å². The van der Waals surface area contributed by atoms with Crippen molar-refractivity contribution >= 4 is 39.3 Å². The molecule has 0 radical (unpaired) electrons. The van der Waals surface area contributed by atoms with Gasteiger partial charge in [-0.05, 0) is 49.2 Å². The van der Waals surface area contributed by atoms with Crippen LogP contribution >= 0.6 is 27.7 Å². The molecule has 0 unspecified atom stereocenters. The lowest BCUT2D eigenvalue weighted by atomic mass is 10.1. The van der Waals surface area contributed by atoms with E-state index in [1.807, 2.05) is 91.2 Å². The van der Waals surface area contributed by atoms with Crippen LogP contribution in [0.15, 0.2) is 82.4 Å². The zero-order chi connectivity index (χ0) is 21.8. The highest BCUT2D eigenvalue weighted by Crippen LogP contribution is 2.32. The number of thioether (sulfide) groups is 1. The van der Waals surface area contributed by atoms with E-state index in [1.165, 1.54) is 11.8 Å². The zero-order valence-corrected chi connectivity index (χ0v) is 19.6. The number of carbonyl (C=O) groups is 1. The molecular weight excluding hydrogens is 472 g/mol. The Balaban J connectivity index is 1.61. The van der Waals surface area contributed by atoms with Crippen LogP contribution in [0, 0.1) is 13.8 Å². The molecule has 0 saturated carbocycles. The molecule has 5 nitrogen and oxygen atoms in total. The molecule has 0 spiro atoms. The average Bonchev–Trinajstić information content (AvgIpc) is 3.19. The van der Waals surface area contributed by atoms with Gasteiger partial charge in [-0.25, -0.2) is 0 Å². The summed E-state index contributed by atoms with van der Waals surface area (Å²) in [5.41, 5.74) is 4.85. The summed E-state index contributed by atoms with van der Waals surface area (Å²) >= 11 is 4.97. The summed E-state index contributed by atoms with van der Waals surface area (Å²) in [6.07, 6.45) is 0. The van der Waals surface area contributed by atoms with Crippen molar-refractivity contribution in [2.45, 2.75) is 19.0 Å². The molecule has 0 atom stereocenters. The third-order valence-corrected chi connectivity index (χ3v) is 6.38. The third kappa shape index (κ3) is 4.89. The van der Waals surface area contributed by atoms with Gasteiger partial charge in [0.15, 0.2) is 11.0 Å². The number of rotatable bonds is 6. The Kier molecular flexibility index (Phi) is 6.53. The van der Waals surface area contributed by atoms with Gasteiger partial charge < -0.3 is 5.32 Å². The minimum absolute atomic E-state index is 0.0799. The van der Waals surface area contributed by atoms with Crippen molar-refractivity contribution in [1.29, 1.82) is 0 Å². The van der Waals surface area contributed by atoms with Gasteiger partial charge in [0.2, 0.25) is 5.91 Å². The maximum atomic E-state index is 12.6. The highest BCUT2D eigenvalue weighted by atomic mass is 79.9. The number of hydrogen-bond acceptors (Lipinski definition) is 4. The van der Waals surface area contributed by atoms with Crippen LogP contribution in [-0.2, 0) is 4.79 Å². The minimum atomic E-state index is -0.0799. The first-order valence-electron chi connectivity index (χ1n) is 9.78. The van der Waals surface area contributed by atoms with Crippen LogP contribution in [0.25, 0.3) is 17.1 Å². The Morgan fingerprint density at radius 1 is 1.00 bits per heavy atom. The normalized spacial score (nSPS) is 10.8. The first-order valence-corrected chi connectivity index (χ1v) is 11.6. The van der Waals surface area contributed by atoms with E-state index in [-0.39, 0.29) is 11.7 Å². The number of amides is 1. The van der Waals surface area contributed by atoms with Gasteiger partial charge in [0.1, 0.15) is 0 Å². The van der Waals surface area contributed by atoms with E-state index in [1.54, 1.807) is 0 Å². The van der Waals surface area contributed by atoms with Crippen molar-refractivity contribution in [2.75, 3.05) is 11.1 Å². The van der Waals surface area contributed by atoms with E-state index >= 15 is 0 Å². The molecule has 1 N–H and O–H groups in total. The molecule has 156 valence electrons. The molecule has 0 fully saturated rings. The number of para-hydroxylation sites is 1. The number of halogens is 1. The van der Waals surface area contributed by atoms with Crippen LogP contribution in [0.5, 0.6) is 0 Å². The molecule has 0 bridgehead atoms. The van der Waals surface area contributed by atoms with Crippen molar-refractivity contribution in [1.82, 2.24) is 14.8 Å². The molecule has 31 heavy (non-hydrogen) atoms. The van der Waals surface area contributed by atoms with Crippen LogP contribution in [0.1, 0.15) is 11.1 Å². The number of nitrogens with zero attached hydrogens (tertiary/aromatic N) is 3.